The second-order valence-electron chi connectivity index (χ2n) is 3.47. The van der Waals surface area contributed by atoms with Crippen LogP contribution in [-0.4, -0.2) is 32.9 Å². The van der Waals surface area contributed by atoms with Gasteiger partial charge in [-0.1, -0.05) is 44.2 Å². The summed E-state index contributed by atoms with van der Waals surface area (Å²) < 4.78 is 0.342. The third kappa shape index (κ3) is 2.49. The van der Waals surface area contributed by atoms with Gasteiger partial charge in [-0.05, 0) is 5.92 Å². The molecule has 84 valence electrons. The summed E-state index contributed by atoms with van der Waals surface area (Å²) in [5.41, 5.74) is 0. The molecule has 0 aromatic carbocycles. The summed E-state index contributed by atoms with van der Waals surface area (Å²) in [7, 11) is 0. The second kappa shape index (κ2) is 4.94. The average molecular weight is 246 g/mol. The Balaban J connectivity index is 2.93. The molecule has 1 heterocycles. The highest BCUT2D eigenvalue weighted by Gasteiger charge is 2.36. The molecule has 1 saturated heterocycles. The number of thioether (sulfide) groups is 1. The topological polar surface area (TPSA) is 60.4 Å². The molecule has 1 aliphatic rings. The average Bonchev–Trinajstić information content (AvgIpc) is 2.49. The standard InChI is InChI=1S/C9H13NO3S2/c1-3-5(2)7(8(12)13)10-6(11)4-15-9(10)14/h5,7H,3-4H2,1-2H3,(H,12,13)/p-1/t5-,7-/m1/s1. The van der Waals surface area contributed by atoms with Crippen molar-refractivity contribution >= 4 is 40.2 Å². The highest BCUT2D eigenvalue weighted by Crippen LogP contribution is 2.26. The van der Waals surface area contributed by atoms with E-state index < -0.39 is 12.0 Å². The van der Waals surface area contributed by atoms with Crippen LogP contribution in [0.4, 0.5) is 0 Å². The third-order valence-electron chi connectivity index (χ3n) is 2.49. The van der Waals surface area contributed by atoms with E-state index in [9.17, 15) is 14.7 Å². The first kappa shape index (κ1) is 12.4. The number of thiocarbonyl (C=S) groups is 1. The number of hydrogen-bond acceptors (Lipinski definition) is 5. The van der Waals surface area contributed by atoms with Gasteiger partial charge in [0.05, 0.1) is 17.8 Å². The van der Waals surface area contributed by atoms with Crippen LogP contribution in [0.15, 0.2) is 0 Å². The molecule has 1 fully saturated rings. The molecule has 6 heteroatoms. The van der Waals surface area contributed by atoms with Crippen molar-refractivity contribution in [3.8, 4) is 0 Å². The summed E-state index contributed by atoms with van der Waals surface area (Å²) in [6.45, 7) is 3.65. The maximum absolute atomic E-state index is 11.5. The third-order valence-corrected chi connectivity index (χ3v) is 3.87. The molecule has 1 amide bonds. The van der Waals surface area contributed by atoms with Crippen molar-refractivity contribution in [1.29, 1.82) is 0 Å². The number of amides is 1. The lowest BCUT2D eigenvalue weighted by Crippen LogP contribution is -2.53. The predicted molar refractivity (Wildman–Crippen MR) is 60.2 cm³/mol. The Kier molecular flexibility index (Phi) is 4.10. The Morgan fingerprint density at radius 2 is 2.33 bits per heavy atom. The van der Waals surface area contributed by atoms with E-state index in [0.717, 1.165) is 0 Å². The molecule has 0 saturated carbocycles. The van der Waals surface area contributed by atoms with Gasteiger partial charge in [0, 0.05) is 0 Å². The van der Waals surface area contributed by atoms with Crippen LogP contribution >= 0.6 is 24.0 Å². The van der Waals surface area contributed by atoms with Crippen molar-refractivity contribution in [2.24, 2.45) is 5.92 Å². The summed E-state index contributed by atoms with van der Waals surface area (Å²) in [4.78, 5) is 23.7. The van der Waals surface area contributed by atoms with Crippen LogP contribution in [0.5, 0.6) is 0 Å². The Morgan fingerprint density at radius 3 is 2.67 bits per heavy atom. The molecule has 0 radical (unpaired) electrons. The molecule has 1 aliphatic heterocycles. The van der Waals surface area contributed by atoms with Crippen LogP contribution in [0.25, 0.3) is 0 Å². The van der Waals surface area contributed by atoms with Gasteiger partial charge in [-0.15, -0.1) is 0 Å². The van der Waals surface area contributed by atoms with E-state index in [0.29, 0.717) is 10.7 Å². The minimum atomic E-state index is -1.23. The van der Waals surface area contributed by atoms with E-state index in [4.69, 9.17) is 12.2 Å². The molecule has 2 atom stereocenters. The van der Waals surface area contributed by atoms with Gasteiger partial charge in [-0.2, -0.15) is 0 Å². The number of aliphatic carboxylic acids is 1. The molecule has 0 aromatic rings. The van der Waals surface area contributed by atoms with E-state index in [1.165, 1.54) is 16.7 Å². The van der Waals surface area contributed by atoms with Gasteiger partial charge in [0.25, 0.3) is 0 Å². The molecule has 4 nitrogen and oxygen atoms in total. The van der Waals surface area contributed by atoms with Gasteiger partial charge >= 0.3 is 0 Å². The van der Waals surface area contributed by atoms with E-state index in [1.54, 1.807) is 6.92 Å². The van der Waals surface area contributed by atoms with Crippen molar-refractivity contribution in [1.82, 2.24) is 4.90 Å². The SMILES string of the molecule is CC[C@@H](C)[C@H](C(=O)[O-])N1C(=O)CSC1=S. The van der Waals surface area contributed by atoms with E-state index in [1.807, 2.05) is 6.92 Å². The Bertz CT molecular complexity index is 290. The highest BCUT2D eigenvalue weighted by atomic mass is 32.2. The maximum Gasteiger partial charge on any atom is 0.239 e. The van der Waals surface area contributed by atoms with Gasteiger partial charge in [0.1, 0.15) is 4.32 Å². The number of carbonyl (C=O) groups is 2. The maximum atomic E-state index is 11.5. The first-order chi connectivity index (χ1) is 6.99. The zero-order valence-electron chi connectivity index (χ0n) is 8.56. The van der Waals surface area contributed by atoms with Gasteiger partial charge in [-0.3, -0.25) is 9.69 Å². The highest BCUT2D eigenvalue weighted by molar-refractivity contribution is 8.23. The van der Waals surface area contributed by atoms with E-state index in [2.05, 4.69) is 0 Å². The van der Waals surface area contributed by atoms with Gasteiger partial charge in [0.15, 0.2) is 0 Å². The van der Waals surface area contributed by atoms with Gasteiger partial charge in [-0.25, -0.2) is 0 Å². The molecule has 15 heavy (non-hydrogen) atoms. The first-order valence-corrected chi connectivity index (χ1v) is 6.08. The van der Waals surface area contributed by atoms with Crippen LogP contribution < -0.4 is 5.11 Å². The van der Waals surface area contributed by atoms with Crippen LogP contribution in [0.3, 0.4) is 0 Å². The smallest absolute Gasteiger partial charge is 0.239 e. The zero-order chi connectivity index (χ0) is 11.6. The van der Waals surface area contributed by atoms with Crippen LogP contribution in [0.1, 0.15) is 20.3 Å². The van der Waals surface area contributed by atoms with Crippen molar-refractivity contribution < 1.29 is 14.7 Å². The summed E-state index contributed by atoms with van der Waals surface area (Å²) in [5.74, 6) is -1.39. The Labute approximate surface area is 98.0 Å². The number of carbonyl (C=O) groups excluding carboxylic acids is 2. The minimum absolute atomic E-state index is 0.157. The number of hydrogen-bond donors (Lipinski definition) is 0. The summed E-state index contributed by atoms with van der Waals surface area (Å²) >= 11 is 6.16. The molecule has 0 spiro atoms. The largest absolute Gasteiger partial charge is 0.548 e. The van der Waals surface area contributed by atoms with Crippen molar-refractivity contribution in [3.05, 3.63) is 0 Å². The fraction of sp³-hybridized carbons (Fsp3) is 0.667. The molecule has 0 aliphatic carbocycles. The summed E-state index contributed by atoms with van der Waals surface area (Å²) in [6, 6.07) is -0.926. The molecule has 0 bridgehead atoms. The lowest BCUT2D eigenvalue weighted by Gasteiger charge is -2.32. The van der Waals surface area contributed by atoms with Crippen LogP contribution in [-0.2, 0) is 9.59 Å². The number of rotatable bonds is 4. The Morgan fingerprint density at radius 1 is 1.73 bits per heavy atom. The number of nitrogens with zero attached hydrogens (tertiary/aromatic N) is 1. The second-order valence-corrected chi connectivity index (χ2v) is 5.08. The molecular formula is C9H12NO3S2-. The van der Waals surface area contributed by atoms with Crippen molar-refractivity contribution in [3.63, 3.8) is 0 Å². The minimum Gasteiger partial charge on any atom is -0.548 e. The molecule has 1 rings (SSSR count). The first-order valence-electron chi connectivity index (χ1n) is 4.68. The van der Waals surface area contributed by atoms with E-state index >= 15 is 0 Å². The van der Waals surface area contributed by atoms with Gasteiger partial charge < -0.3 is 9.90 Å². The molecule has 0 unspecified atom stereocenters. The fourth-order valence-electron chi connectivity index (χ4n) is 1.45. The van der Waals surface area contributed by atoms with Crippen LogP contribution in [0, 0.1) is 5.92 Å². The quantitative estimate of drug-likeness (QED) is 0.654. The normalized spacial score (nSPS) is 20.5. The predicted octanol–water partition coefficient (Wildman–Crippen LogP) is 0.0113. The molecule has 0 aromatic heterocycles. The number of carboxylic acids is 1. The van der Waals surface area contributed by atoms with Crippen molar-refractivity contribution in [2.75, 3.05) is 5.75 Å². The van der Waals surface area contributed by atoms with Crippen LogP contribution in [0.2, 0.25) is 0 Å². The summed E-state index contributed by atoms with van der Waals surface area (Å²) in [5, 5.41) is 11.0. The number of carboxylic acid groups (broad SMARTS) is 1. The monoisotopic (exact) mass is 246 g/mol. The lowest BCUT2D eigenvalue weighted by molar-refractivity contribution is -0.311. The van der Waals surface area contributed by atoms with Crippen molar-refractivity contribution in [2.45, 2.75) is 26.3 Å². The van der Waals surface area contributed by atoms with Gasteiger partial charge in [0.2, 0.25) is 5.91 Å². The van der Waals surface area contributed by atoms with E-state index in [-0.39, 0.29) is 17.6 Å². The summed E-state index contributed by atoms with van der Waals surface area (Å²) in [6.07, 6.45) is 0.662. The Hall–Kier alpha value is -0.620. The fourth-order valence-corrected chi connectivity index (χ4v) is 2.58. The molecular weight excluding hydrogens is 234 g/mol. The lowest BCUT2D eigenvalue weighted by atomic mass is 9.98. The molecule has 0 N–H and O–H groups in total. The zero-order valence-corrected chi connectivity index (χ0v) is 10.2.